The first-order valence-electron chi connectivity index (χ1n) is 4.09. The molecule has 0 radical (unpaired) electrons. The molecule has 1 nitrogen and oxygen atoms in total. The zero-order valence-electron chi connectivity index (χ0n) is 7.34. The van der Waals surface area contributed by atoms with E-state index in [9.17, 15) is 9.50 Å². The number of hydrogen-bond acceptors (Lipinski definition) is 1. The van der Waals surface area contributed by atoms with Gasteiger partial charge in [-0.25, -0.2) is 4.39 Å². The van der Waals surface area contributed by atoms with E-state index in [1.54, 1.807) is 6.07 Å². The zero-order chi connectivity index (χ0) is 9.14. The van der Waals surface area contributed by atoms with Gasteiger partial charge >= 0.3 is 0 Å². The van der Waals surface area contributed by atoms with E-state index in [0.29, 0.717) is 12.0 Å². The Kier molecular flexibility index (Phi) is 2.87. The highest BCUT2D eigenvalue weighted by Gasteiger charge is 2.08. The molecular weight excluding hydrogens is 154 g/mol. The molecule has 1 atom stereocenters. The second-order valence-corrected chi connectivity index (χ2v) is 2.92. The van der Waals surface area contributed by atoms with Crippen LogP contribution in [0.1, 0.15) is 25.0 Å². The molecule has 0 aliphatic rings. The minimum atomic E-state index is -0.541. The summed E-state index contributed by atoms with van der Waals surface area (Å²) in [4.78, 5) is 0. The first-order chi connectivity index (χ1) is 5.65. The van der Waals surface area contributed by atoms with Gasteiger partial charge in [0.15, 0.2) is 0 Å². The molecule has 0 amide bonds. The molecule has 1 aromatic rings. The van der Waals surface area contributed by atoms with E-state index in [1.807, 2.05) is 14.8 Å². The summed E-state index contributed by atoms with van der Waals surface area (Å²) in [6, 6.07) is 4.48. The van der Waals surface area contributed by atoms with Crippen molar-refractivity contribution in [2.24, 2.45) is 0 Å². The fourth-order valence-electron chi connectivity index (χ4n) is 1.19. The number of halogens is 1. The van der Waals surface area contributed by atoms with Gasteiger partial charge in [-0.2, -0.15) is 0 Å². The van der Waals surface area contributed by atoms with Crippen LogP contribution in [-0.2, 0) is 0 Å². The lowest BCUT2D eigenvalue weighted by atomic mass is 9.87. The van der Waals surface area contributed by atoms with Crippen molar-refractivity contribution in [2.75, 3.05) is 0 Å². The highest BCUT2D eigenvalue weighted by Crippen LogP contribution is 2.14. The summed E-state index contributed by atoms with van der Waals surface area (Å²) in [7, 11) is 1.87. The second kappa shape index (κ2) is 3.72. The maximum atomic E-state index is 12.7. The van der Waals surface area contributed by atoms with Crippen LogP contribution >= 0.6 is 0 Å². The lowest BCUT2D eigenvalue weighted by Crippen LogP contribution is -2.14. The van der Waals surface area contributed by atoms with Gasteiger partial charge in [0, 0.05) is 0 Å². The molecule has 0 saturated heterocycles. The first-order valence-corrected chi connectivity index (χ1v) is 4.09. The molecule has 12 heavy (non-hydrogen) atoms. The lowest BCUT2D eigenvalue weighted by Gasteiger charge is -2.11. The summed E-state index contributed by atoms with van der Waals surface area (Å²) in [6.07, 6.45) is 0.0744. The summed E-state index contributed by atoms with van der Waals surface area (Å²) < 4.78 is 12.7. The monoisotopic (exact) mass is 166 g/mol. The van der Waals surface area contributed by atoms with Crippen molar-refractivity contribution in [2.45, 2.75) is 19.4 Å². The van der Waals surface area contributed by atoms with Crippen LogP contribution in [0.5, 0.6) is 0 Å². The predicted molar refractivity (Wildman–Crippen MR) is 49.8 cm³/mol. The molecular formula is C9H12BFO. The van der Waals surface area contributed by atoms with E-state index >= 15 is 0 Å². The van der Waals surface area contributed by atoms with Crippen LogP contribution in [0.2, 0.25) is 0 Å². The maximum Gasteiger partial charge on any atom is 0.139 e. The molecule has 0 aliphatic carbocycles. The largest absolute Gasteiger partial charge is 0.388 e. The molecule has 64 valence electrons. The average molecular weight is 166 g/mol. The Balaban J connectivity index is 3.04. The van der Waals surface area contributed by atoms with Gasteiger partial charge in [0.25, 0.3) is 0 Å². The van der Waals surface area contributed by atoms with Gasteiger partial charge in [-0.15, -0.1) is 0 Å². The molecule has 3 heteroatoms. The third-order valence-corrected chi connectivity index (χ3v) is 1.99. The molecule has 0 spiro atoms. The Morgan fingerprint density at radius 3 is 2.83 bits per heavy atom. The van der Waals surface area contributed by atoms with Crippen LogP contribution in [0.15, 0.2) is 18.2 Å². The number of benzene rings is 1. The van der Waals surface area contributed by atoms with Gasteiger partial charge in [0.1, 0.15) is 13.7 Å². The van der Waals surface area contributed by atoms with Crippen LogP contribution in [0, 0.1) is 5.82 Å². The van der Waals surface area contributed by atoms with Crippen LogP contribution in [-0.4, -0.2) is 13.0 Å². The van der Waals surface area contributed by atoms with Crippen LogP contribution in [0.3, 0.4) is 0 Å². The number of hydrogen-bond donors (Lipinski definition) is 1. The third-order valence-electron chi connectivity index (χ3n) is 1.99. The SMILES string of the molecule is Bc1ccc(F)cc1[C@H](O)CC. The Morgan fingerprint density at radius 2 is 2.25 bits per heavy atom. The average Bonchev–Trinajstić information content (AvgIpc) is 2.08. The van der Waals surface area contributed by atoms with E-state index < -0.39 is 6.10 Å². The smallest absolute Gasteiger partial charge is 0.139 e. The minimum Gasteiger partial charge on any atom is -0.388 e. The summed E-state index contributed by atoms with van der Waals surface area (Å²) in [5.41, 5.74) is 1.63. The van der Waals surface area contributed by atoms with Crippen molar-refractivity contribution in [1.29, 1.82) is 0 Å². The summed E-state index contributed by atoms with van der Waals surface area (Å²) in [5, 5.41) is 9.47. The van der Waals surface area contributed by atoms with Crippen molar-refractivity contribution < 1.29 is 9.50 Å². The molecule has 0 aromatic heterocycles. The van der Waals surface area contributed by atoms with Gasteiger partial charge in [-0.05, 0) is 24.1 Å². The third kappa shape index (κ3) is 1.86. The highest BCUT2D eigenvalue weighted by molar-refractivity contribution is 6.33. The minimum absolute atomic E-state index is 0.289. The van der Waals surface area contributed by atoms with E-state index in [2.05, 4.69) is 0 Å². The topological polar surface area (TPSA) is 20.2 Å². The van der Waals surface area contributed by atoms with Crippen molar-refractivity contribution >= 4 is 13.3 Å². The molecule has 0 unspecified atom stereocenters. The number of aliphatic hydroxyl groups excluding tert-OH is 1. The van der Waals surface area contributed by atoms with Gasteiger partial charge < -0.3 is 5.11 Å². The molecule has 0 bridgehead atoms. The quantitative estimate of drug-likeness (QED) is 0.635. The molecule has 0 aliphatic heterocycles. The van der Waals surface area contributed by atoms with Crippen LogP contribution in [0.4, 0.5) is 4.39 Å². The summed E-state index contributed by atoms with van der Waals surface area (Å²) in [6.45, 7) is 1.87. The van der Waals surface area contributed by atoms with Gasteiger partial charge in [0.2, 0.25) is 0 Å². The van der Waals surface area contributed by atoms with E-state index in [1.165, 1.54) is 12.1 Å². The number of rotatable bonds is 2. The Hall–Kier alpha value is -0.825. The van der Waals surface area contributed by atoms with Gasteiger partial charge in [-0.3, -0.25) is 0 Å². The van der Waals surface area contributed by atoms with E-state index in [-0.39, 0.29) is 5.82 Å². The van der Waals surface area contributed by atoms with Crippen molar-refractivity contribution in [3.8, 4) is 0 Å². The van der Waals surface area contributed by atoms with Crippen molar-refractivity contribution in [1.82, 2.24) is 0 Å². The molecule has 1 N–H and O–H groups in total. The normalized spacial score (nSPS) is 12.9. The fourth-order valence-corrected chi connectivity index (χ4v) is 1.19. The van der Waals surface area contributed by atoms with Crippen LogP contribution in [0.25, 0.3) is 0 Å². The molecule has 1 rings (SSSR count). The van der Waals surface area contributed by atoms with Gasteiger partial charge in [-0.1, -0.05) is 18.5 Å². The van der Waals surface area contributed by atoms with Crippen LogP contribution < -0.4 is 5.46 Å². The Bertz CT molecular complexity index is 275. The molecule has 0 fully saturated rings. The Morgan fingerprint density at radius 1 is 1.58 bits per heavy atom. The van der Waals surface area contributed by atoms with Crippen molar-refractivity contribution in [3.63, 3.8) is 0 Å². The second-order valence-electron chi connectivity index (χ2n) is 2.92. The summed E-state index contributed by atoms with van der Waals surface area (Å²) in [5.74, 6) is -0.289. The Labute approximate surface area is 72.6 Å². The standard InChI is InChI=1S/C9H12BFO/c1-2-9(12)7-5-6(11)3-4-8(7)10/h3-5,9,12H,2,10H2,1H3/t9-/m1/s1. The summed E-state index contributed by atoms with van der Waals surface area (Å²) >= 11 is 0. The lowest BCUT2D eigenvalue weighted by molar-refractivity contribution is 0.174. The van der Waals surface area contributed by atoms with Gasteiger partial charge in [0.05, 0.1) is 6.10 Å². The van der Waals surface area contributed by atoms with E-state index in [0.717, 1.165) is 5.46 Å². The zero-order valence-corrected chi connectivity index (χ0v) is 7.34. The molecule has 0 saturated carbocycles. The van der Waals surface area contributed by atoms with E-state index in [4.69, 9.17) is 0 Å². The highest BCUT2D eigenvalue weighted by atomic mass is 19.1. The maximum absolute atomic E-state index is 12.7. The fraction of sp³-hybridized carbons (Fsp3) is 0.333. The number of aliphatic hydroxyl groups is 1. The predicted octanol–water partition coefficient (Wildman–Crippen LogP) is 0.528. The molecule has 0 heterocycles. The first kappa shape index (κ1) is 9.26. The molecule has 1 aromatic carbocycles. The van der Waals surface area contributed by atoms with Crippen molar-refractivity contribution in [3.05, 3.63) is 29.6 Å².